The lowest BCUT2D eigenvalue weighted by atomic mass is 9.87. The number of aryl methyl sites for hydroxylation is 1. The molecule has 1 unspecified atom stereocenters. The van der Waals surface area contributed by atoms with Crippen molar-refractivity contribution >= 4 is 16.9 Å². The Morgan fingerprint density at radius 1 is 1.37 bits per heavy atom. The maximum absolute atomic E-state index is 11.6. The molecule has 0 fully saturated rings. The molecule has 0 bridgehead atoms. The number of benzene rings is 1. The Kier molecular flexibility index (Phi) is 2.93. The summed E-state index contributed by atoms with van der Waals surface area (Å²) in [5, 5.41) is 1.21. The van der Waals surface area contributed by atoms with Gasteiger partial charge in [0.1, 0.15) is 5.75 Å². The second kappa shape index (κ2) is 4.61. The number of carbonyl (C=O) groups excluding carboxylic acids is 1. The van der Waals surface area contributed by atoms with Crippen molar-refractivity contribution < 1.29 is 14.3 Å². The van der Waals surface area contributed by atoms with Crippen molar-refractivity contribution in [3.8, 4) is 5.75 Å². The highest BCUT2D eigenvalue weighted by Gasteiger charge is 2.27. The van der Waals surface area contributed by atoms with E-state index in [1.54, 1.807) is 7.11 Å². The number of H-pyrrole nitrogens is 1. The molecule has 1 heterocycles. The van der Waals surface area contributed by atoms with Gasteiger partial charge in [0.25, 0.3) is 0 Å². The molecule has 1 aromatic carbocycles. The molecule has 2 aromatic rings. The van der Waals surface area contributed by atoms with Gasteiger partial charge in [0, 0.05) is 23.0 Å². The molecule has 4 nitrogen and oxygen atoms in total. The van der Waals surface area contributed by atoms with Crippen LogP contribution in [-0.2, 0) is 22.4 Å². The molecule has 1 aliphatic carbocycles. The summed E-state index contributed by atoms with van der Waals surface area (Å²) in [6, 6.07) is 6.03. The third-order valence-electron chi connectivity index (χ3n) is 3.93. The van der Waals surface area contributed by atoms with Gasteiger partial charge in [-0.3, -0.25) is 4.79 Å². The summed E-state index contributed by atoms with van der Waals surface area (Å²) in [7, 11) is 3.13. The molecule has 3 rings (SSSR count). The molecule has 0 radical (unpaired) electrons. The highest BCUT2D eigenvalue weighted by molar-refractivity contribution is 5.87. The third kappa shape index (κ3) is 1.97. The van der Waals surface area contributed by atoms with Crippen molar-refractivity contribution in [3.05, 3.63) is 29.5 Å². The fraction of sp³-hybridized carbons (Fsp3) is 0.400. The monoisotopic (exact) mass is 259 g/mol. The Labute approximate surface area is 111 Å². The lowest BCUT2D eigenvalue weighted by Crippen LogP contribution is -2.23. The number of nitrogens with one attached hydrogen (secondary N) is 1. The standard InChI is InChI=1S/C15H17NO3/c1-18-10-4-6-13-12(8-10)11-5-3-9(15(17)19-2)7-14(11)16-13/h4,6,8-9,16H,3,5,7H2,1-2H3. The topological polar surface area (TPSA) is 51.3 Å². The Morgan fingerprint density at radius 3 is 2.95 bits per heavy atom. The van der Waals surface area contributed by atoms with E-state index in [1.807, 2.05) is 12.1 Å². The second-order valence-corrected chi connectivity index (χ2v) is 4.96. The van der Waals surface area contributed by atoms with Gasteiger partial charge in [0.05, 0.1) is 20.1 Å². The number of aromatic nitrogens is 1. The number of fused-ring (bicyclic) bond motifs is 3. The third-order valence-corrected chi connectivity index (χ3v) is 3.93. The number of ether oxygens (including phenoxy) is 2. The number of rotatable bonds is 2. The Hall–Kier alpha value is -1.97. The maximum atomic E-state index is 11.6. The summed E-state index contributed by atoms with van der Waals surface area (Å²) in [6.07, 6.45) is 2.49. The highest BCUT2D eigenvalue weighted by atomic mass is 16.5. The van der Waals surface area contributed by atoms with Gasteiger partial charge in [-0.2, -0.15) is 0 Å². The molecule has 1 N–H and O–H groups in total. The molecule has 0 amide bonds. The van der Waals surface area contributed by atoms with Crippen LogP contribution in [0.3, 0.4) is 0 Å². The normalized spacial score (nSPS) is 18.1. The molecule has 19 heavy (non-hydrogen) atoms. The zero-order valence-electron chi connectivity index (χ0n) is 11.2. The van der Waals surface area contributed by atoms with E-state index >= 15 is 0 Å². The minimum atomic E-state index is -0.109. The zero-order valence-corrected chi connectivity index (χ0v) is 11.2. The summed E-state index contributed by atoms with van der Waals surface area (Å²) < 4.78 is 10.1. The van der Waals surface area contributed by atoms with Crippen LogP contribution in [0.4, 0.5) is 0 Å². The molecule has 0 saturated heterocycles. The predicted octanol–water partition coefficient (Wildman–Crippen LogP) is 2.45. The van der Waals surface area contributed by atoms with Gasteiger partial charge < -0.3 is 14.5 Å². The van der Waals surface area contributed by atoms with Gasteiger partial charge in [-0.1, -0.05) is 0 Å². The number of esters is 1. The van der Waals surface area contributed by atoms with Crippen molar-refractivity contribution in [1.29, 1.82) is 0 Å². The lowest BCUT2D eigenvalue weighted by Gasteiger charge is -2.19. The van der Waals surface area contributed by atoms with Gasteiger partial charge >= 0.3 is 5.97 Å². The van der Waals surface area contributed by atoms with Gasteiger partial charge in [-0.15, -0.1) is 0 Å². The van der Waals surface area contributed by atoms with E-state index in [4.69, 9.17) is 9.47 Å². The summed E-state index contributed by atoms with van der Waals surface area (Å²) in [5.41, 5.74) is 3.58. The van der Waals surface area contributed by atoms with Gasteiger partial charge in [-0.25, -0.2) is 0 Å². The van der Waals surface area contributed by atoms with E-state index in [2.05, 4.69) is 11.1 Å². The largest absolute Gasteiger partial charge is 0.497 e. The van der Waals surface area contributed by atoms with E-state index in [-0.39, 0.29) is 11.9 Å². The first-order chi connectivity index (χ1) is 9.22. The molecular weight excluding hydrogens is 242 g/mol. The molecule has 1 aromatic heterocycles. The minimum Gasteiger partial charge on any atom is -0.497 e. The molecule has 4 heteroatoms. The van der Waals surface area contributed by atoms with Crippen molar-refractivity contribution in [1.82, 2.24) is 4.98 Å². The predicted molar refractivity (Wildman–Crippen MR) is 72.4 cm³/mol. The number of aromatic amines is 1. The fourth-order valence-corrected chi connectivity index (χ4v) is 2.90. The van der Waals surface area contributed by atoms with Crippen LogP contribution in [0, 0.1) is 5.92 Å². The van der Waals surface area contributed by atoms with E-state index in [1.165, 1.54) is 18.1 Å². The number of hydrogen-bond acceptors (Lipinski definition) is 3. The molecule has 0 aliphatic heterocycles. The summed E-state index contributed by atoms with van der Waals surface area (Å²) >= 11 is 0. The fourth-order valence-electron chi connectivity index (χ4n) is 2.90. The molecule has 1 aliphatic rings. The minimum absolute atomic E-state index is 0.0209. The van der Waals surface area contributed by atoms with Crippen LogP contribution in [-0.4, -0.2) is 25.2 Å². The average molecular weight is 259 g/mol. The molecule has 0 saturated carbocycles. The van der Waals surface area contributed by atoms with Crippen molar-refractivity contribution in [3.63, 3.8) is 0 Å². The van der Waals surface area contributed by atoms with Crippen molar-refractivity contribution in [2.75, 3.05) is 14.2 Å². The van der Waals surface area contributed by atoms with Crippen LogP contribution in [0.2, 0.25) is 0 Å². The van der Waals surface area contributed by atoms with E-state index in [9.17, 15) is 4.79 Å². The Balaban J connectivity index is 2.00. The zero-order chi connectivity index (χ0) is 13.4. The number of methoxy groups -OCH3 is 2. The van der Waals surface area contributed by atoms with Gasteiger partial charge in [-0.05, 0) is 36.6 Å². The summed E-state index contributed by atoms with van der Waals surface area (Å²) in [6.45, 7) is 0. The smallest absolute Gasteiger partial charge is 0.309 e. The van der Waals surface area contributed by atoms with E-state index in [0.29, 0.717) is 0 Å². The maximum Gasteiger partial charge on any atom is 0.309 e. The Morgan fingerprint density at radius 2 is 2.21 bits per heavy atom. The van der Waals surface area contributed by atoms with Crippen LogP contribution in [0.5, 0.6) is 5.75 Å². The molecular formula is C15H17NO3. The first-order valence-electron chi connectivity index (χ1n) is 6.48. The first kappa shape index (κ1) is 12.1. The SMILES string of the molecule is COC(=O)C1CCc2c([nH]c3ccc(OC)cc23)C1. The van der Waals surface area contributed by atoms with Crippen LogP contribution in [0.15, 0.2) is 18.2 Å². The van der Waals surface area contributed by atoms with Gasteiger partial charge in [0.2, 0.25) is 0 Å². The van der Waals surface area contributed by atoms with Crippen LogP contribution >= 0.6 is 0 Å². The lowest BCUT2D eigenvalue weighted by molar-refractivity contribution is -0.145. The summed E-state index contributed by atoms with van der Waals surface area (Å²) in [5.74, 6) is 0.735. The van der Waals surface area contributed by atoms with Gasteiger partial charge in [0.15, 0.2) is 0 Å². The molecule has 100 valence electrons. The number of hydrogen-bond donors (Lipinski definition) is 1. The molecule has 1 atom stereocenters. The first-order valence-corrected chi connectivity index (χ1v) is 6.48. The quantitative estimate of drug-likeness (QED) is 0.843. The second-order valence-electron chi connectivity index (χ2n) is 4.96. The van der Waals surface area contributed by atoms with Crippen molar-refractivity contribution in [2.45, 2.75) is 19.3 Å². The van der Waals surface area contributed by atoms with Crippen LogP contribution < -0.4 is 4.74 Å². The van der Waals surface area contributed by atoms with E-state index < -0.39 is 0 Å². The van der Waals surface area contributed by atoms with Crippen molar-refractivity contribution in [2.24, 2.45) is 5.92 Å². The highest BCUT2D eigenvalue weighted by Crippen LogP contribution is 2.33. The van der Waals surface area contributed by atoms with Crippen LogP contribution in [0.25, 0.3) is 10.9 Å². The Bertz CT molecular complexity index is 630. The summed E-state index contributed by atoms with van der Waals surface area (Å²) in [4.78, 5) is 15.0. The van der Waals surface area contributed by atoms with Crippen LogP contribution in [0.1, 0.15) is 17.7 Å². The average Bonchev–Trinajstić information content (AvgIpc) is 2.82. The number of carbonyl (C=O) groups is 1. The van der Waals surface area contributed by atoms with E-state index in [0.717, 1.165) is 36.2 Å². The molecule has 0 spiro atoms.